The second-order valence-corrected chi connectivity index (χ2v) is 8.86. The first-order valence-electron chi connectivity index (χ1n) is 9.86. The van der Waals surface area contributed by atoms with Crippen molar-refractivity contribution in [2.24, 2.45) is 5.92 Å². The van der Waals surface area contributed by atoms with Crippen LogP contribution < -0.4 is 5.32 Å². The van der Waals surface area contributed by atoms with E-state index in [-0.39, 0.29) is 0 Å². The van der Waals surface area contributed by atoms with Gasteiger partial charge in [-0.15, -0.1) is 11.3 Å². The van der Waals surface area contributed by atoms with E-state index in [2.05, 4.69) is 41.4 Å². The topological polar surface area (TPSA) is 41.3 Å². The van der Waals surface area contributed by atoms with Crippen LogP contribution in [0, 0.1) is 5.92 Å². The van der Waals surface area contributed by atoms with Gasteiger partial charge in [0.2, 0.25) is 0 Å². The third kappa shape index (κ3) is 3.80. The van der Waals surface area contributed by atoms with Crippen LogP contribution >= 0.6 is 11.3 Å². The first-order chi connectivity index (χ1) is 13.2. The molecule has 2 aliphatic rings. The number of nitrogens with one attached hydrogen (secondary N) is 1. The molecule has 2 unspecified atom stereocenters. The minimum Gasteiger partial charge on any atom is -0.464 e. The Balaban J connectivity index is 1.20. The number of benzene rings is 1. The van der Waals surface area contributed by atoms with Gasteiger partial charge in [-0.25, -0.2) is 4.98 Å². The molecule has 5 heteroatoms. The molecule has 0 saturated heterocycles. The lowest BCUT2D eigenvalue weighted by atomic mass is 10.2. The third-order valence-electron chi connectivity index (χ3n) is 5.66. The number of nitrogens with zero attached hydrogens (tertiary/aromatic N) is 2. The van der Waals surface area contributed by atoms with Crippen molar-refractivity contribution in [2.75, 3.05) is 18.4 Å². The predicted molar refractivity (Wildman–Crippen MR) is 110 cm³/mol. The van der Waals surface area contributed by atoms with Crippen molar-refractivity contribution in [3.05, 3.63) is 64.6 Å². The maximum atomic E-state index is 6.10. The molecule has 1 fully saturated rings. The van der Waals surface area contributed by atoms with Gasteiger partial charge in [0.15, 0.2) is 5.13 Å². The van der Waals surface area contributed by atoms with Crippen LogP contribution in [-0.4, -0.2) is 23.0 Å². The molecule has 2 aromatic heterocycles. The number of furan rings is 1. The number of anilines is 2. The monoisotopic (exact) mass is 379 g/mol. The normalized spacial score (nSPS) is 22.3. The van der Waals surface area contributed by atoms with Crippen molar-refractivity contribution in [2.45, 2.75) is 38.6 Å². The van der Waals surface area contributed by atoms with Gasteiger partial charge in [-0.05, 0) is 43.0 Å². The van der Waals surface area contributed by atoms with Crippen LogP contribution in [-0.2, 0) is 19.4 Å². The minimum atomic E-state index is 0.662. The highest BCUT2D eigenvalue weighted by atomic mass is 32.1. The summed E-state index contributed by atoms with van der Waals surface area (Å²) in [5, 5.41) is 4.44. The van der Waals surface area contributed by atoms with Crippen molar-refractivity contribution < 1.29 is 4.42 Å². The molecule has 1 saturated carbocycles. The number of hydrogen-bond acceptors (Lipinski definition) is 5. The summed E-state index contributed by atoms with van der Waals surface area (Å²) in [5.41, 5.74) is 2.36. The highest BCUT2D eigenvalue weighted by molar-refractivity contribution is 7.15. The van der Waals surface area contributed by atoms with E-state index >= 15 is 0 Å². The van der Waals surface area contributed by atoms with E-state index in [4.69, 9.17) is 9.40 Å². The summed E-state index contributed by atoms with van der Waals surface area (Å²) in [6.45, 7) is 5.31. The molecule has 4 nitrogen and oxygen atoms in total. The summed E-state index contributed by atoms with van der Waals surface area (Å²) in [6, 6.07) is 14.6. The van der Waals surface area contributed by atoms with Crippen LogP contribution in [0.2, 0.25) is 0 Å². The van der Waals surface area contributed by atoms with Gasteiger partial charge in [-0.2, -0.15) is 0 Å². The molecule has 0 radical (unpaired) electrons. The molecule has 140 valence electrons. The Morgan fingerprint density at radius 1 is 1.15 bits per heavy atom. The molecule has 1 aliphatic heterocycles. The SMILES string of the molecule is CC1CC1c1ccc(CN2CCc3nc(Nc4ccccc4)sc3CC2)o1. The highest BCUT2D eigenvalue weighted by Crippen LogP contribution is 2.47. The van der Waals surface area contributed by atoms with Crippen molar-refractivity contribution in [1.29, 1.82) is 0 Å². The van der Waals surface area contributed by atoms with Gasteiger partial charge in [0.25, 0.3) is 0 Å². The highest BCUT2D eigenvalue weighted by Gasteiger charge is 2.36. The maximum Gasteiger partial charge on any atom is 0.187 e. The number of thiazole rings is 1. The average molecular weight is 380 g/mol. The molecule has 0 amide bonds. The zero-order valence-electron chi connectivity index (χ0n) is 15.6. The Kier molecular flexibility index (Phi) is 4.50. The fraction of sp³-hybridized carbons (Fsp3) is 0.409. The molecular weight excluding hydrogens is 354 g/mol. The summed E-state index contributed by atoms with van der Waals surface area (Å²) in [6.07, 6.45) is 3.36. The minimum absolute atomic E-state index is 0.662. The van der Waals surface area contributed by atoms with E-state index in [1.54, 1.807) is 11.3 Å². The summed E-state index contributed by atoms with van der Waals surface area (Å²) in [4.78, 5) is 8.77. The molecule has 3 heterocycles. The Bertz CT molecular complexity index is 891. The van der Waals surface area contributed by atoms with Crippen LogP contribution in [0.25, 0.3) is 0 Å². The molecule has 27 heavy (non-hydrogen) atoms. The lowest BCUT2D eigenvalue weighted by molar-refractivity contribution is 0.252. The van der Waals surface area contributed by atoms with Gasteiger partial charge in [0, 0.05) is 36.0 Å². The average Bonchev–Trinajstić information content (AvgIpc) is 3.11. The van der Waals surface area contributed by atoms with Gasteiger partial charge < -0.3 is 9.73 Å². The molecule has 1 aromatic carbocycles. The Labute approximate surface area is 164 Å². The lowest BCUT2D eigenvalue weighted by Crippen LogP contribution is -2.25. The zero-order valence-corrected chi connectivity index (χ0v) is 16.5. The van der Waals surface area contributed by atoms with Crippen LogP contribution in [0.4, 0.5) is 10.8 Å². The Morgan fingerprint density at radius 2 is 1.96 bits per heavy atom. The van der Waals surface area contributed by atoms with Gasteiger partial charge in [0.1, 0.15) is 11.5 Å². The largest absolute Gasteiger partial charge is 0.464 e. The summed E-state index contributed by atoms with van der Waals surface area (Å²) >= 11 is 1.80. The molecule has 5 rings (SSSR count). The van der Waals surface area contributed by atoms with E-state index in [9.17, 15) is 0 Å². The molecular formula is C22H25N3OS. The van der Waals surface area contributed by atoms with Crippen molar-refractivity contribution >= 4 is 22.2 Å². The van der Waals surface area contributed by atoms with Crippen molar-refractivity contribution in [1.82, 2.24) is 9.88 Å². The van der Waals surface area contributed by atoms with Gasteiger partial charge in [0.05, 0.1) is 12.2 Å². The summed E-state index contributed by atoms with van der Waals surface area (Å²) in [5.74, 6) is 3.75. The molecule has 1 aliphatic carbocycles. The fourth-order valence-electron chi connectivity index (χ4n) is 3.88. The lowest BCUT2D eigenvalue weighted by Gasteiger charge is -2.18. The standard InChI is InChI=1S/C22H25N3OS/c1-15-13-18(15)20-8-7-17(26-20)14-25-11-9-19-21(10-12-25)27-22(24-19)23-16-5-3-2-4-6-16/h2-8,15,18H,9-14H2,1H3,(H,23,24). The second-order valence-electron chi connectivity index (χ2n) is 7.78. The summed E-state index contributed by atoms with van der Waals surface area (Å²) in [7, 11) is 0. The van der Waals surface area contributed by atoms with Gasteiger partial charge >= 0.3 is 0 Å². The molecule has 3 aromatic rings. The maximum absolute atomic E-state index is 6.10. The quantitative estimate of drug-likeness (QED) is 0.661. The zero-order chi connectivity index (χ0) is 18.2. The summed E-state index contributed by atoms with van der Waals surface area (Å²) < 4.78 is 6.10. The third-order valence-corrected chi connectivity index (χ3v) is 6.73. The smallest absolute Gasteiger partial charge is 0.187 e. The molecule has 0 spiro atoms. The van der Waals surface area contributed by atoms with E-state index < -0.39 is 0 Å². The fourth-order valence-corrected chi connectivity index (χ4v) is 4.90. The number of aromatic nitrogens is 1. The Hall–Kier alpha value is -2.11. The van der Waals surface area contributed by atoms with Crippen molar-refractivity contribution in [3.63, 3.8) is 0 Å². The van der Waals surface area contributed by atoms with Gasteiger partial charge in [-0.1, -0.05) is 25.1 Å². The first-order valence-corrected chi connectivity index (χ1v) is 10.7. The molecule has 0 bridgehead atoms. The van der Waals surface area contributed by atoms with E-state index in [0.29, 0.717) is 5.92 Å². The van der Waals surface area contributed by atoms with Crippen LogP contribution in [0.15, 0.2) is 46.9 Å². The van der Waals surface area contributed by atoms with E-state index in [1.165, 1.54) is 22.8 Å². The van der Waals surface area contributed by atoms with Crippen LogP contribution in [0.5, 0.6) is 0 Å². The number of rotatable bonds is 5. The first kappa shape index (κ1) is 17.0. The van der Waals surface area contributed by atoms with Crippen LogP contribution in [0.1, 0.15) is 41.4 Å². The van der Waals surface area contributed by atoms with E-state index in [0.717, 1.165) is 55.0 Å². The van der Waals surface area contributed by atoms with Crippen LogP contribution in [0.3, 0.4) is 0 Å². The van der Waals surface area contributed by atoms with Gasteiger partial charge in [-0.3, -0.25) is 4.90 Å². The number of para-hydroxylation sites is 1. The van der Waals surface area contributed by atoms with E-state index in [1.807, 2.05) is 18.2 Å². The van der Waals surface area contributed by atoms with Crippen molar-refractivity contribution in [3.8, 4) is 0 Å². The predicted octanol–water partition coefficient (Wildman–Crippen LogP) is 5.20. The Morgan fingerprint density at radius 3 is 2.78 bits per heavy atom. The number of fused-ring (bicyclic) bond motifs is 1. The molecule has 2 atom stereocenters. The molecule has 1 N–H and O–H groups in total. The second kappa shape index (κ2) is 7.13. The number of hydrogen-bond donors (Lipinski definition) is 1.